The molecule has 3 heterocycles. The van der Waals surface area contributed by atoms with Crippen molar-refractivity contribution in [3.8, 4) is 0 Å². The molecule has 0 radical (unpaired) electrons. The van der Waals surface area contributed by atoms with E-state index < -0.39 is 124 Å². The van der Waals surface area contributed by atoms with E-state index in [4.69, 9.17) is 28.4 Å². The van der Waals surface area contributed by atoms with Crippen molar-refractivity contribution in [2.45, 2.75) is 285 Å². The van der Waals surface area contributed by atoms with Gasteiger partial charge in [0.05, 0.1) is 38.6 Å². The van der Waals surface area contributed by atoms with Crippen LogP contribution in [0.15, 0.2) is 97.2 Å². The van der Waals surface area contributed by atoms with Crippen molar-refractivity contribution in [2.75, 3.05) is 26.4 Å². The van der Waals surface area contributed by atoms with E-state index in [2.05, 4.69) is 97.3 Å². The zero-order chi connectivity index (χ0) is 61.9. The van der Waals surface area contributed by atoms with Crippen LogP contribution in [0.25, 0.3) is 0 Å². The van der Waals surface area contributed by atoms with Crippen LogP contribution in [0.3, 0.4) is 0 Å². The standard InChI is InChI=1S/C66H111NO18/c1-3-5-7-8-9-10-11-12-13-14-15-16-17-18-19-20-21-22-23-24-25-26-27-28-29-30-31-32-33-34-35-36-37-38-39-40-42-44-54(72)67-49(50(71)43-41-6-4-2)48-80-64-60(78)57(75)62(52(46-69)82-64)85-66-61(79)58(76)63(53(47-70)83-66)84-65-59(77)56(74)55(73)51(45-68)81-65/h5,7,9-10,12-13,15-16,18-19,21-22,24-25,41,43,49-53,55-66,68-71,73-79H,3-4,6,8,11,14,17,20,23,26-40,42,44-48H2,1-2H3,(H,67,72)/b7-5-,10-9-,13-12-,16-15-,19-18-,22-21-,25-24-,43-41+. The molecule has 3 fully saturated rings. The van der Waals surface area contributed by atoms with E-state index in [0.29, 0.717) is 12.8 Å². The number of amides is 1. The Hall–Kier alpha value is -3.29. The van der Waals surface area contributed by atoms with Crippen molar-refractivity contribution in [1.82, 2.24) is 5.32 Å². The molecule has 19 nitrogen and oxygen atoms in total. The highest BCUT2D eigenvalue weighted by atomic mass is 16.8. The second-order valence-corrected chi connectivity index (χ2v) is 22.5. The Morgan fingerprint density at radius 2 is 0.812 bits per heavy atom. The average Bonchev–Trinajstić information content (AvgIpc) is 3.44. The highest BCUT2D eigenvalue weighted by Gasteiger charge is 2.53. The first-order valence-corrected chi connectivity index (χ1v) is 32.0. The van der Waals surface area contributed by atoms with Crippen molar-refractivity contribution in [2.24, 2.45) is 0 Å². The minimum absolute atomic E-state index is 0.235. The number of carbonyl (C=O) groups is 1. The zero-order valence-corrected chi connectivity index (χ0v) is 51.0. The molecule has 0 bridgehead atoms. The lowest BCUT2D eigenvalue weighted by Gasteiger charge is -2.48. The lowest BCUT2D eigenvalue weighted by molar-refractivity contribution is -0.379. The van der Waals surface area contributed by atoms with Crippen LogP contribution < -0.4 is 5.32 Å². The fraction of sp³-hybridized carbons (Fsp3) is 0.742. The summed E-state index contributed by atoms with van der Waals surface area (Å²) in [5.74, 6) is -0.292. The van der Waals surface area contributed by atoms with Crippen LogP contribution in [-0.2, 0) is 33.2 Å². The summed E-state index contributed by atoms with van der Waals surface area (Å²) in [6, 6.07) is -0.973. The van der Waals surface area contributed by atoms with E-state index in [9.17, 15) is 61.0 Å². The van der Waals surface area contributed by atoms with E-state index in [1.54, 1.807) is 12.2 Å². The molecule has 3 saturated heterocycles. The summed E-state index contributed by atoms with van der Waals surface area (Å²) in [4.78, 5) is 13.1. The molecule has 3 aliphatic heterocycles. The third kappa shape index (κ3) is 30.7. The van der Waals surface area contributed by atoms with Gasteiger partial charge in [0.25, 0.3) is 0 Å². The number of rotatable bonds is 46. The van der Waals surface area contributed by atoms with Crippen molar-refractivity contribution in [3.05, 3.63) is 97.2 Å². The highest BCUT2D eigenvalue weighted by Crippen LogP contribution is 2.33. The fourth-order valence-corrected chi connectivity index (χ4v) is 10.2. The van der Waals surface area contributed by atoms with Gasteiger partial charge in [0.1, 0.15) is 73.2 Å². The second kappa shape index (κ2) is 47.7. The quantitative estimate of drug-likeness (QED) is 0.0217. The van der Waals surface area contributed by atoms with Gasteiger partial charge < -0.3 is 89.9 Å². The summed E-state index contributed by atoms with van der Waals surface area (Å²) < 4.78 is 34.0. The number of aliphatic hydroxyl groups is 11. The monoisotopic (exact) mass is 1210 g/mol. The second-order valence-electron chi connectivity index (χ2n) is 22.5. The number of nitrogens with one attached hydrogen (secondary N) is 1. The molecular formula is C66H111NO18. The first-order chi connectivity index (χ1) is 41.3. The van der Waals surface area contributed by atoms with Gasteiger partial charge in [0.15, 0.2) is 18.9 Å². The molecule has 0 aromatic rings. The molecule has 0 aromatic heterocycles. The lowest BCUT2D eigenvalue weighted by atomic mass is 9.96. The number of hydrogen-bond acceptors (Lipinski definition) is 18. The predicted molar refractivity (Wildman–Crippen MR) is 327 cm³/mol. The Kier molecular flexibility index (Phi) is 42.6. The van der Waals surface area contributed by atoms with Crippen LogP contribution in [0.1, 0.15) is 181 Å². The summed E-state index contributed by atoms with van der Waals surface area (Å²) in [5, 5.41) is 119. The molecule has 17 atom stereocenters. The van der Waals surface area contributed by atoms with Crippen LogP contribution in [0.2, 0.25) is 0 Å². The molecule has 19 heteroatoms. The maximum Gasteiger partial charge on any atom is 0.220 e. The van der Waals surface area contributed by atoms with Crippen molar-refractivity contribution in [3.63, 3.8) is 0 Å². The van der Waals surface area contributed by atoms with Crippen LogP contribution in [0.5, 0.6) is 0 Å². The van der Waals surface area contributed by atoms with Gasteiger partial charge >= 0.3 is 0 Å². The molecule has 3 rings (SSSR count). The van der Waals surface area contributed by atoms with Gasteiger partial charge in [-0.2, -0.15) is 0 Å². The number of aliphatic hydroxyl groups excluding tert-OH is 11. The molecule has 12 N–H and O–H groups in total. The molecule has 17 unspecified atom stereocenters. The van der Waals surface area contributed by atoms with Gasteiger partial charge in [0, 0.05) is 6.42 Å². The van der Waals surface area contributed by atoms with E-state index in [0.717, 1.165) is 77.0 Å². The van der Waals surface area contributed by atoms with E-state index in [1.807, 2.05) is 6.92 Å². The molecule has 85 heavy (non-hydrogen) atoms. The molecule has 1 amide bonds. The van der Waals surface area contributed by atoms with Gasteiger partial charge in [-0.05, 0) is 70.6 Å². The predicted octanol–water partition coefficient (Wildman–Crippen LogP) is 6.93. The van der Waals surface area contributed by atoms with Crippen molar-refractivity contribution < 1.29 is 89.4 Å². The minimum Gasteiger partial charge on any atom is -0.394 e. The minimum atomic E-state index is -1.98. The van der Waals surface area contributed by atoms with Crippen LogP contribution in [-0.4, -0.2) is 193 Å². The van der Waals surface area contributed by atoms with Crippen LogP contribution in [0.4, 0.5) is 0 Å². The maximum atomic E-state index is 13.1. The highest BCUT2D eigenvalue weighted by molar-refractivity contribution is 5.76. The molecule has 0 aliphatic carbocycles. The third-order valence-corrected chi connectivity index (χ3v) is 15.4. The van der Waals surface area contributed by atoms with Crippen LogP contribution in [0, 0.1) is 0 Å². The number of unbranched alkanes of at least 4 members (excludes halogenated alkanes) is 16. The SMILES string of the molecule is CC/C=C\C/C=C\C/C=C\C/C=C\C/C=C\C/C=C\C/C=C\CCCCCCCCCCCCCCCCCC(=O)NC(COC1OC(CO)C(OC2OC(CO)C(OC3OC(CO)C(O)C(O)C3O)C(O)C2O)C(O)C1O)C(O)/C=C/CCC. The summed E-state index contributed by atoms with van der Waals surface area (Å²) >= 11 is 0. The number of carbonyl (C=O) groups excluding carboxylic acids is 1. The largest absolute Gasteiger partial charge is 0.394 e. The summed E-state index contributed by atoms with van der Waals surface area (Å²) in [5.41, 5.74) is 0. The van der Waals surface area contributed by atoms with Gasteiger partial charge in [-0.15, -0.1) is 0 Å². The lowest BCUT2D eigenvalue weighted by Crippen LogP contribution is -2.66. The number of allylic oxidation sites excluding steroid dienone is 15. The summed E-state index contributed by atoms with van der Waals surface area (Å²) in [6.45, 7) is 1.35. The smallest absolute Gasteiger partial charge is 0.220 e. The van der Waals surface area contributed by atoms with Gasteiger partial charge in [-0.3, -0.25) is 4.79 Å². The molecule has 488 valence electrons. The zero-order valence-electron chi connectivity index (χ0n) is 51.0. The topological polar surface area (TPSA) is 307 Å². The molecular weight excluding hydrogens is 1090 g/mol. The Morgan fingerprint density at radius 1 is 0.435 bits per heavy atom. The molecule has 3 aliphatic rings. The van der Waals surface area contributed by atoms with E-state index >= 15 is 0 Å². The Balaban J connectivity index is 1.24. The van der Waals surface area contributed by atoms with Crippen molar-refractivity contribution in [1.29, 1.82) is 0 Å². The summed E-state index contributed by atoms with van der Waals surface area (Å²) in [7, 11) is 0. The fourth-order valence-electron chi connectivity index (χ4n) is 10.2. The molecule has 0 spiro atoms. The van der Waals surface area contributed by atoms with E-state index in [1.165, 1.54) is 70.6 Å². The Bertz CT molecular complexity index is 1920. The third-order valence-electron chi connectivity index (χ3n) is 15.4. The summed E-state index contributed by atoms with van der Waals surface area (Å²) in [6.07, 6.45) is 35.5. The first kappa shape index (κ1) is 76.0. The van der Waals surface area contributed by atoms with Gasteiger partial charge in [-0.1, -0.05) is 201 Å². The first-order valence-electron chi connectivity index (χ1n) is 32.0. The van der Waals surface area contributed by atoms with E-state index in [-0.39, 0.29) is 18.9 Å². The van der Waals surface area contributed by atoms with Crippen molar-refractivity contribution >= 4 is 5.91 Å². The van der Waals surface area contributed by atoms with Gasteiger partial charge in [0.2, 0.25) is 5.91 Å². The van der Waals surface area contributed by atoms with Crippen LogP contribution >= 0.6 is 0 Å². The Labute approximate surface area is 507 Å². The number of ether oxygens (including phenoxy) is 6. The average molecular weight is 1210 g/mol. The Morgan fingerprint density at radius 3 is 1.25 bits per heavy atom. The maximum absolute atomic E-state index is 13.1. The normalized spacial score (nSPS) is 29.6. The molecule has 0 aromatic carbocycles. The number of hydrogen-bond donors (Lipinski definition) is 12. The molecule has 0 saturated carbocycles. The van der Waals surface area contributed by atoms with Gasteiger partial charge in [-0.25, -0.2) is 0 Å².